The molecular weight excluding hydrogens is 212 g/mol. The number of nitrogens with zero attached hydrogens (tertiary/aromatic N) is 2. The van der Waals surface area contributed by atoms with Crippen molar-refractivity contribution in [1.82, 2.24) is 4.98 Å². The van der Waals surface area contributed by atoms with Crippen LogP contribution in [0.15, 0.2) is 11.6 Å². The highest BCUT2D eigenvalue weighted by Crippen LogP contribution is 2.24. The van der Waals surface area contributed by atoms with Crippen LogP contribution in [0.1, 0.15) is 12.8 Å². The topological polar surface area (TPSA) is 45.6 Å². The van der Waals surface area contributed by atoms with Gasteiger partial charge in [-0.25, -0.2) is 4.98 Å². The van der Waals surface area contributed by atoms with E-state index in [-0.39, 0.29) is 0 Å². The zero-order chi connectivity index (χ0) is 10.7. The first-order valence-corrected chi connectivity index (χ1v) is 5.98. The Morgan fingerprint density at radius 1 is 1.60 bits per heavy atom. The Morgan fingerprint density at radius 3 is 2.93 bits per heavy atom. The molecule has 0 amide bonds. The van der Waals surface area contributed by atoms with Gasteiger partial charge in [0.25, 0.3) is 0 Å². The average molecular weight is 228 g/mol. The molecule has 2 heterocycles. The van der Waals surface area contributed by atoms with Crippen LogP contribution >= 0.6 is 11.3 Å². The van der Waals surface area contributed by atoms with E-state index in [1.54, 1.807) is 17.5 Å². The fraction of sp³-hybridized carbons (Fsp3) is 0.700. The quantitative estimate of drug-likeness (QED) is 0.842. The summed E-state index contributed by atoms with van der Waals surface area (Å²) >= 11 is 1.59. The molecule has 0 aromatic carbocycles. The third-order valence-corrected chi connectivity index (χ3v) is 3.59. The Kier molecular flexibility index (Phi) is 3.23. The van der Waals surface area contributed by atoms with E-state index in [1.165, 1.54) is 0 Å². The molecule has 0 radical (unpaired) electrons. The van der Waals surface area contributed by atoms with E-state index >= 15 is 0 Å². The van der Waals surface area contributed by atoms with Gasteiger partial charge in [0.1, 0.15) is 0 Å². The molecule has 1 aromatic rings. The summed E-state index contributed by atoms with van der Waals surface area (Å²) in [5.74, 6) is 0. The second-order valence-corrected chi connectivity index (χ2v) is 4.88. The molecule has 0 unspecified atom stereocenters. The monoisotopic (exact) mass is 228 g/mol. The molecule has 1 aliphatic rings. The van der Waals surface area contributed by atoms with Crippen LogP contribution in [0.2, 0.25) is 0 Å². The molecule has 1 saturated heterocycles. The highest BCUT2D eigenvalue weighted by molar-refractivity contribution is 7.13. The maximum absolute atomic E-state index is 10.3. The predicted molar refractivity (Wildman–Crippen MR) is 60.4 cm³/mol. The lowest BCUT2D eigenvalue weighted by Gasteiger charge is -2.35. The van der Waals surface area contributed by atoms with Crippen LogP contribution in [-0.4, -0.2) is 42.5 Å². The lowest BCUT2D eigenvalue weighted by Crippen LogP contribution is -2.45. The van der Waals surface area contributed by atoms with E-state index in [4.69, 9.17) is 4.74 Å². The van der Waals surface area contributed by atoms with Crippen LogP contribution in [-0.2, 0) is 4.74 Å². The minimum atomic E-state index is -0.612. The standard InChI is InChI=1S/C10H16N2O2S/c1-12(9-11-4-7-15-9)8-10(13)2-5-14-6-3-10/h4,7,13H,2-3,5-6,8H2,1H3. The summed E-state index contributed by atoms with van der Waals surface area (Å²) < 4.78 is 5.25. The highest BCUT2D eigenvalue weighted by Gasteiger charge is 2.31. The van der Waals surface area contributed by atoms with Crippen LogP contribution in [0.25, 0.3) is 0 Å². The normalized spacial score (nSPS) is 20.1. The van der Waals surface area contributed by atoms with Crippen LogP contribution in [0.4, 0.5) is 5.13 Å². The lowest BCUT2D eigenvalue weighted by atomic mass is 9.94. The fourth-order valence-electron chi connectivity index (χ4n) is 1.82. The van der Waals surface area contributed by atoms with Crippen molar-refractivity contribution >= 4 is 16.5 Å². The second-order valence-electron chi connectivity index (χ2n) is 4.01. The first-order valence-electron chi connectivity index (χ1n) is 5.10. The number of aliphatic hydroxyl groups is 1. The van der Waals surface area contributed by atoms with Crippen molar-refractivity contribution in [3.05, 3.63) is 11.6 Å². The first-order chi connectivity index (χ1) is 7.20. The number of hydrogen-bond donors (Lipinski definition) is 1. The maximum Gasteiger partial charge on any atom is 0.185 e. The van der Waals surface area contributed by atoms with Gasteiger partial charge in [-0.1, -0.05) is 0 Å². The second kappa shape index (κ2) is 4.47. The predicted octanol–water partition coefficient (Wildman–Crippen LogP) is 1.12. The smallest absolute Gasteiger partial charge is 0.185 e. The Hall–Kier alpha value is -0.650. The van der Waals surface area contributed by atoms with Crippen LogP contribution in [0.3, 0.4) is 0 Å². The Labute approximate surface area is 93.5 Å². The van der Waals surface area contributed by atoms with E-state index in [2.05, 4.69) is 4.98 Å². The molecule has 1 aliphatic heterocycles. The SMILES string of the molecule is CN(CC1(O)CCOCC1)c1nccs1. The Morgan fingerprint density at radius 2 is 2.33 bits per heavy atom. The number of anilines is 1. The number of aromatic nitrogens is 1. The molecule has 5 heteroatoms. The van der Waals surface area contributed by atoms with Crippen molar-refractivity contribution in [2.45, 2.75) is 18.4 Å². The molecule has 15 heavy (non-hydrogen) atoms. The lowest BCUT2D eigenvalue weighted by molar-refractivity contribution is -0.0572. The third-order valence-electron chi connectivity index (χ3n) is 2.70. The zero-order valence-electron chi connectivity index (χ0n) is 8.85. The van der Waals surface area contributed by atoms with E-state index in [9.17, 15) is 5.11 Å². The van der Waals surface area contributed by atoms with E-state index in [0.29, 0.717) is 32.6 Å². The van der Waals surface area contributed by atoms with Crippen molar-refractivity contribution < 1.29 is 9.84 Å². The maximum atomic E-state index is 10.3. The van der Waals surface area contributed by atoms with Crippen LogP contribution in [0, 0.1) is 0 Å². The summed E-state index contributed by atoms with van der Waals surface area (Å²) in [5.41, 5.74) is -0.612. The summed E-state index contributed by atoms with van der Waals surface area (Å²) in [5, 5.41) is 13.2. The van der Waals surface area contributed by atoms with E-state index in [1.807, 2.05) is 17.3 Å². The molecular formula is C10H16N2O2S. The molecule has 0 bridgehead atoms. The molecule has 0 aliphatic carbocycles. The summed E-state index contributed by atoms with van der Waals surface area (Å²) in [6.45, 7) is 1.94. The summed E-state index contributed by atoms with van der Waals surface area (Å²) in [6.07, 6.45) is 3.20. The summed E-state index contributed by atoms with van der Waals surface area (Å²) in [6, 6.07) is 0. The minimum Gasteiger partial charge on any atom is -0.388 e. The van der Waals surface area contributed by atoms with Gasteiger partial charge >= 0.3 is 0 Å². The van der Waals surface area contributed by atoms with Crippen molar-refractivity contribution in [1.29, 1.82) is 0 Å². The minimum absolute atomic E-state index is 0.612. The third kappa shape index (κ3) is 2.68. The van der Waals surface area contributed by atoms with Gasteiger partial charge in [-0.15, -0.1) is 11.3 Å². The van der Waals surface area contributed by atoms with Crippen LogP contribution < -0.4 is 4.90 Å². The first kappa shape index (κ1) is 10.9. The Bertz CT molecular complexity index is 296. The van der Waals surface area contributed by atoms with Gasteiger partial charge in [0.2, 0.25) is 0 Å². The molecule has 0 spiro atoms. The molecule has 1 N–H and O–H groups in total. The van der Waals surface area contributed by atoms with Gasteiger partial charge in [-0.05, 0) is 0 Å². The van der Waals surface area contributed by atoms with Crippen molar-refractivity contribution in [3.8, 4) is 0 Å². The average Bonchev–Trinajstić information content (AvgIpc) is 2.70. The van der Waals surface area contributed by atoms with Crippen molar-refractivity contribution in [3.63, 3.8) is 0 Å². The van der Waals surface area contributed by atoms with Gasteiger partial charge in [0.15, 0.2) is 5.13 Å². The molecule has 1 aromatic heterocycles. The van der Waals surface area contributed by atoms with E-state index < -0.39 is 5.60 Å². The zero-order valence-corrected chi connectivity index (χ0v) is 9.66. The number of likely N-dealkylation sites (N-methyl/N-ethyl adjacent to an activating group) is 1. The number of rotatable bonds is 3. The molecule has 0 saturated carbocycles. The summed E-state index contributed by atoms with van der Waals surface area (Å²) in [7, 11) is 1.96. The van der Waals surface area contributed by atoms with Gasteiger partial charge in [-0.2, -0.15) is 0 Å². The molecule has 84 valence electrons. The molecule has 4 nitrogen and oxygen atoms in total. The number of thiazole rings is 1. The Balaban J connectivity index is 1.95. The van der Waals surface area contributed by atoms with Crippen molar-refractivity contribution in [2.24, 2.45) is 0 Å². The van der Waals surface area contributed by atoms with Gasteiger partial charge in [0, 0.05) is 51.2 Å². The van der Waals surface area contributed by atoms with Crippen molar-refractivity contribution in [2.75, 3.05) is 31.7 Å². The van der Waals surface area contributed by atoms with Crippen LogP contribution in [0.5, 0.6) is 0 Å². The van der Waals surface area contributed by atoms with Gasteiger partial charge < -0.3 is 14.7 Å². The highest BCUT2D eigenvalue weighted by atomic mass is 32.1. The molecule has 1 fully saturated rings. The number of ether oxygens (including phenoxy) is 1. The molecule has 0 atom stereocenters. The fourth-order valence-corrected chi connectivity index (χ4v) is 2.43. The van der Waals surface area contributed by atoms with Gasteiger partial charge in [0.05, 0.1) is 5.60 Å². The largest absolute Gasteiger partial charge is 0.388 e. The number of hydrogen-bond acceptors (Lipinski definition) is 5. The van der Waals surface area contributed by atoms with Gasteiger partial charge in [-0.3, -0.25) is 0 Å². The molecule has 2 rings (SSSR count). The summed E-state index contributed by atoms with van der Waals surface area (Å²) in [4.78, 5) is 6.22. The van der Waals surface area contributed by atoms with E-state index in [0.717, 1.165) is 5.13 Å².